The van der Waals surface area contributed by atoms with Crippen LogP contribution in [0, 0.1) is 0 Å². The van der Waals surface area contributed by atoms with Crippen molar-refractivity contribution in [2.45, 2.75) is 11.8 Å². The molecule has 1 heterocycles. The molecule has 9 nitrogen and oxygen atoms in total. The van der Waals surface area contributed by atoms with Gasteiger partial charge < -0.3 is 21.3 Å². The number of hydrogen-bond donors (Lipinski definition) is 4. The highest BCUT2D eigenvalue weighted by Crippen LogP contribution is 2.27. The van der Waals surface area contributed by atoms with Crippen LogP contribution in [0.2, 0.25) is 5.02 Å². The number of fused-ring (bicyclic) bond motifs is 1. The van der Waals surface area contributed by atoms with Crippen LogP contribution in [0.4, 0.5) is 21.9 Å². The van der Waals surface area contributed by atoms with E-state index in [2.05, 4.69) is 25.7 Å². The number of anilines is 3. The molecular weight excluding hydrogens is 406 g/mol. The van der Waals surface area contributed by atoms with Crippen LogP contribution in [0.5, 0.6) is 0 Å². The van der Waals surface area contributed by atoms with E-state index in [0.717, 1.165) is 0 Å². The lowest BCUT2D eigenvalue weighted by Gasteiger charge is -2.18. The summed E-state index contributed by atoms with van der Waals surface area (Å²) >= 11 is 6.09. The summed E-state index contributed by atoms with van der Waals surface area (Å²) in [6.45, 7) is 1.23. The second-order valence-electron chi connectivity index (χ2n) is 5.82. The lowest BCUT2D eigenvalue weighted by molar-refractivity contribution is -0.114. The third kappa shape index (κ3) is 4.59. The lowest BCUT2D eigenvalue weighted by atomic mass is 10.2. The van der Waals surface area contributed by atoms with Crippen molar-refractivity contribution in [3.8, 4) is 0 Å². The van der Waals surface area contributed by atoms with Crippen molar-refractivity contribution >= 4 is 56.5 Å². The highest BCUT2D eigenvalue weighted by Gasteiger charge is 2.24. The Morgan fingerprint density at radius 2 is 1.89 bits per heavy atom. The fourth-order valence-electron chi connectivity index (χ4n) is 2.47. The number of amidine groups is 1. The van der Waals surface area contributed by atoms with Gasteiger partial charge in [-0.1, -0.05) is 23.7 Å². The summed E-state index contributed by atoms with van der Waals surface area (Å²) in [5, 5.41) is 10.7. The molecule has 2 aromatic rings. The molecule has 0 aliphatic carbocycles. The first kappa shape index (κ1) is 19.6. The number of benzene rings is 2. The van der Waals surface area contributed by atoms with Gasteiger partial charge in [0, 0.05) is 12.6 Å². The zero-order valence-corrected chi connectivity index (χ0v) is 16.2. The minimum absolute atomic E-state index is 0.0780. The van der Waals surface area contributed by atoms with Gasteiger partial charge in [-0.05, 0) is 30.3 Å². The summed E-state index contributed by atoms with van der Waals surface area (Å²) in [5.74, 6) is -0.159. The molecule has 146 valence electrons. The number of nitrogens with zero attached hydrogens (tertiary/aromatic N) is 1. The van der Waals surface area contributed by atoms with Gasteiger partial charge in [-0.3, -0.25) is 4.79 Å². The normalized spacial score (nSPS) is 14.1. The maximum absolute atomic E-state index is 12.2. The van der Waals surface area contributed by atoms with Crippen LogP contribution in [-0.2, 0) is 14.8 Å². The topological polar surface area (TPSA) is 129 Å². The number of carbonyl (C=O) groups excluding carboxylic acids is 2. The van der Waals surface area contributed by atoms with E-state index in [1.807, 2.05) is 0 Å². The summed E-state index contributed by atoms with van der Waals surface area (Å²) in [7, 11) is -3.82. The molecule has 0 atom stereocenters. The Morgan fingerprint density at radius 3 is 2.61 bits per heavy atom. The highest BCUT2D eigenvalue weighted by molar-refractivity contribution is 7.90. The van der Waals surface area contributed by atoms with E-state index >= 15 is 0 Å². The Bertz CT molecular complexity index is 1080. The van der Waals surface area contributed by atoms with Crippen LogP contribution in [-0.4, -0.2) is 32.7 Å². The van der Waals surface area contributed by atoms with Crippen LogP contribution in [0.3, 0.4) is 0 Å². The zero-order chi connectivity index (χ0) is 20.3. The Hall–Kier alpha value is -3.11. The average molecular weight is 422 g/mol. The predicted octanol–water partition coefficient (Wildman–Crippen LogP) is 2.63. The standard InChI is InChI=1S/C17H16ClN5O4S/c1-10(24)20-11-6-7-13(12(18)8-11)22-17(25)19-9-16-21-14-4-2-3-5-15(14)28(26,27)23-16/h2-8H,9H2,1H3,(H,20,24)(H,21,23)(H2,19,22,25). The fraction of sp³-hybridized carbons (Fsp3) is 0.118. The molecule has 0 radical (unpaired) electrons. The van der Waals surface area contributed by atoms with Crippen LogP contribution in [0.15, 0.2) is 51.8 Å². The van der Waals surface area contributed by atoms with Crippen molar-refractivity contribution < 1.29 is 18.0 Å². The van der Waals surface area contributed by atoms with Gasteiger partial charge in [0.25, 0.3) is 10.0 Å². The summed E-state index contributed by atoms with van der Waals surface area (Å²) in [5.41, 5.74) is 1.21. The molecule has 0 bridgehead atoms. The van der Waals surface area contributed by atoms with Gasteiger partial charge in [0.2, 0.25) is 5.91 Å². The Labute approximate surface area is 166 Å². The minimum Gasteiger partial charge on any atom is -0.340 e. The molecule has 3 amide bonds. The van der Waals surface area contributed by atoms with Crippen LogP contribution in [0.1, 0.15) is 6.92 Å². The monoisotopic (exact) mass is 421 g/mol. The minimum atomic E-state index is -3.82. The number of amides is 3. The Balaban J connectivity index is 1.62. The van der Waals surface area contributed by atoms with Gasteiger partial charge in [0.1, 0.15) is 10.7 Å². The number of halogens is 1. The fourth-order valence-corrected chi connectivity index (χ4v) is 3.85. The summed E-state index contributed by atoms with van der Waals surface area (Å²) in [6, 6.07) is 10.4. The van der Waals surface area contributed by atoms with Crippen molar-refractivity contribution in [1.82, 2.24) is 5.32 Å². The molecule has 0 unspecified atom stereocenters. The van der Waals surface area contributed by atoms with Gasteiger partial charge in [0.15, 0.2) is 0 Å². The average Bonchev–Trinajstić information content (AvgIpc) is 2.61. The van der Waals surface area contributed by atoms with E-state index in [9.17, 15) is 18.0 Å². The van der Waals surface area contributed by atoms with Gasteiger partial charge >= 0.3 is 6.03 Å². The number of rotatable bonds is 4. The van der Waals surface area contributed by atoms with Gasteiger partial charge in [0.05, 0.1) is 22.9 Å². The Kier molecular flexibility index (Phi) is 5.52. The maximum atomic E-state index is 12.2. The third-order valence-corrected chi connectivity index (χ3v) is 5.31. The van der Waals surface area contributed by atoms with E-state index in [1.165, 1.54) is 25.1 Å². The van der Waals surface area contributed by atoms with Gasteiger partial charge in [-0.25, -0.2) is 4.79 Å². The summed E-state index contributed by atoms with van der Waals surface area (Å²) in [4.78, 5) is 23.2. The van der Waals surface area contributed by atoms with Crippen LogP contribution >= 0.6 is 11.6 Å². The van der Waals surface area contributed by atoms with E-state index in [-0.39, 0.29) is 28.2 Å². The van der Waals surface area contributed by atoms with Crippen molar-refractivity contribution in [1.29, 1.82) is 0 Å². The van der Waals surface area contributed by atoms with E-state index in [1.54, 1.807) is 24.3 Å². The maximum Gasteiger partial charge on any atom is 0.319 e. The number of sulfonamides is 1. The van der Waals surface area contributed by atoms with Crippen LogP contribution < -0.4 is 21.3 Å². The van der Waals surface area contributed by atoms with Crippen LogP contribution in [0.25, 0.3) is 0 Å². The van der Waals surface area contributed by atoms with Crippen molar-refractivity contribution in [2.24, 2.45) is 4.40 Å². The largest absolute Gasteiger partial charge is 0.340 e. The molecule has 3 rings (SSSR count). The van der Waals surface area contributed by atoms with E-state index < -0.39 is 16.1 Å². The van der Waals surface area contributed by atoms with Gasteiger partial charge in [-0.2, -0.15) is 8.42 Å². The first-order chi connectivity index (χ1) is 13.2. The number of hydrogen-bond acceptors (Lipinski definition) is 5. The van der Waals surface area contributed by atoms with Crippen molar-refractivity contribution in [3.63, 3.8) is 0 Å². The molecule has 4 N–H and O–H groups in total. The molecule has 1 aliphatic rings. The molecule has 0 spiro atoms. The van der Waals surface area contributed by atoms with Crippen molar-refractivity contribution in [2.75, 3.05) is 22.5 Å². The quantitative estimate of drug-likeness (QED) is 0.603. The molecule has 0 saturated heterocycles. The number of carbonyl (C=O) groups is 2. The van der Waals surface area contributed by atoms with E-state index in [4.69, 9.17) is 11.6 Å². The SMILES string of the molecule is CC(=O)Nc1ccc(NC(=O)NCC2=NS(=O)(=O)c3ccccc3N2)c(Cl)c1. The third-order valence-electron chi connectivity index (χ3n) is 3.63. The number of urea groups is 1. The number of para-hydroxylation sites is 1. The molecule has 0 fully saturated rings. The molecule has 0 saturated carbocycles. The first-order valence-electron chi connectivity index (χ1n) is 8.06. The first-order valence-corrected chi connectivity index (χ1v) is 9.88. The molecule has 0 aromatic heterocycles. The predicted molar refractivity (Wildman–Crippen MR) is 107 cm³/mol. The molecule has 11 heteroatoms. The van der Waals surface area contributed by atoms with E-state index in [0.29, 0.717) is 17.1 Å². The zero-order valence-electron chi connectivity index (χ0n) is 14.6. The van der Waals surface area contributed by atoms with Crippen molar-refractivity contribution in [3.05, 3.63) is 47.5 Å². The Morgan fingerprint density at radius 1 is 1.14 bits per heavy atom. The second-order valence-corrected chi connectivity index (χ2v) is 7.80. The lowest BCUT2D eigenvalue weighted by Crippen LogP contribution is -2.37. The molecule has 28 heavy (non-hydrogen) atoms. The summed E-state index contributed by atoms with van der Waals surface area (Å²) in [6.07, 6.45) is 0. The number of nitrogens with one attached hydrogen (secondary N) is 4. The smallest absolute Gasteiger partial charge is 0.319 e. The molecule has 2 aromatic carbocycles. The highest BCUT2D eigenvalue weighted by atomic mass is 35.5. The van der Waals surface area contributed by atoms with Gasteiger partial charge in [-0.15, -0.1) is 4.40 Å². The molecule has 1 aliphatic heterocycles. The second kappa shape index (κ2) is 7.87. The summed E-state index contributed by atoms with van der Waals surface area (Å²) < 4.78 is 28.0. The molecular formula is C17H16ClN5O4S.